The van der Waals surface area contributed by atoms with E-state index in [4.69, 9.17) is 0 Å². The molecule has 0 aliphatic heterocycles. The highest BCUT2D eigenvalue weighted by Gasteiger charge is 2.17. The number of H-pyrrole nitrogens is 1. The number of pyridine rings is 1. The second-order valence-corrected chi connectivity index (χ2v) is 8.16. The molecule has 1 atom stereocenters. The van der Waals surface area contributed by atoms with Crippen molar-refractivity contribution in [3.63, 3.8) is 0 Å². The van der Waals surface area contributed by atoms with Gasteiger partial charge in [-0.1, -0.05) is 30.3 Å². The molecule has 0 saturated carbocycles. The molecule has 9 nitrogen and oxygen atoms in total. The quantitative estimate of drug-likeness (QED) is 0.381. The van der Waals surface area contributed by atoms with Crippen LogP contribution in [0.5, 0.6) is 0 Å². The number of aromatic nitrogens is 5. The van der Waals surface area contributed by atoms with Crippen LogP contribution in [0.25, 0.3) is 22.2 Å². The number of hydrogen-bond acceptors (Lipinski definition) is 5. The second kappa shape index (κ2) is 8.19. The summed E-state index contributed by atoms with van der Waals surface area (Å²) in [6, 6.07) is 11.0. The van der Waals surface area contributed by atoms with Gasteiger partial charge in [0.1, 0.15) is 11.5 Å². The smallest absolute Gasteiger partial charge is 0.320 e. The van der Waals surface area contributed by atoms with Gasteiger partial charge in [-0.2, -0.15) is 10.2 Å². The minimum Gasteiger partial charge on any atom is -0.389 e. The lowest BCUT2D eigenvalue weighted by molar-refractivity contribution is 0.0577. The second-order valence-electron chi connectivity index (χ2n) is 8.16. The molecule has 4 aromatic rings. The Bertz CT molecular complexity index is 1190. The van der Waals surface area contributed by atoms with Crippen molar-refractivity contribution in [2.24, 2.45) is 0 Å². The Morgan fingerprint density at radius 3 is 2.77 bits per heavy atom. The standard InChI is InChI=1S/C22H25N7O2/c1-14(15-7-5-4-6-8-15)25-21(30)26-19-9-18-17(11-23-19)20(28-27-18)16-10-24-29(12-16)13-22(2,3)31/h4-12,14,31H,13H2,1-3H3,(H,27,28)(H2,23,25,26,30)/t14-/m1/s1. The molecule has 9 heteroatoms. The van der Waals surface area contributed by atoms with E-state index in [1.54, 1.807) is 37.0 Å². The first-order valence-electron chi connectivity index (χ1n) is 10.0. The lowest BCUT2D eigenvalue weighted by Crippen LogP contribution is -2.31. The number of nitrogens with one attached hydrogen (secondary N) is 3. The van der Waals surface area contributed by atoms with Crippen molar-refractivity contribution in [2.75, 3.05) is 5.32 Å². The largest absolute Gasteiger partial charge is 0.389 e. The number of anilines is 1. The number of nitrogens with zero attached hydrogens (tertiary/aromatic N) is 4. The number of carbonyl (C=O) groups excluding carboxylic acids is 1. The van der Waals surface area contributed by atoms with Crippen molar-refractivity contribution < 1.29 is 9.90 Å². The molecule has 4 rings (SSSR count). The number of fused-ring (bicyclic) bond motifs is 1. The van der Waals surface area contributed by atoms with Crippen molar-refractivity contribution in [2.45, 2.75) is 39.0 Å². The molecule has 0 saturated heterocycles. The van der Waals surface area contributed by atoms with Crippen molar-refractivity contribution in [1.82, 2.24) is 30.3 Å². The van der Waals surface area contributed by atoms with Crippen LogP contribution in [0.4, 0.5) is 10.6 Å². The van der Waals surface area contributed by atoms with E-state index in [1.807, 2.05) is 43.5 Å². The van der Waals surface area contributed by atoms with Gasteiger partial charge in [0.2, 0.25) is 0 Å². The Hall–Kier alpha value is -3.72. The minimum absolute atomic E-state index is 0.135. The Balaban J connectivity index is 1.47. The number of urea groups is 1. The molecule has 160 valence electrons. The highest BCUT2D eigenvalue weighted by molar-refractivity contribution is 5.95. The molecule has 3 heterocycles. The zero-order valence-corrected chi connectivity index (χ0v) is 17.6. The van der Waals surface area contributed by atoms with E-state index in [9.17, 15) is 9.90 Å². The molecule has 0 aliphatic rings. The summed E-state index contributed by atoms with van der Waals surface area (Å²) in [5, 5.41) is 28.1. The molecule has 0 unspecified atom stereocenters. The van der Waals surface area contributed by atoms with Crippen LogP contribution in [0, 0.1) is 0 Å². The van der Waals surface area contributed by atoms with Gasteiger partial charge in [0, 0.05) is 29.4 Å². The average molecular weight is 419 g/mol. The molecule has 1 aromatic carbocycles. The van der Waals surface area contributed by atoms with E-state index in [0.717, 1.165) is 22.0 Å². The third-order valence-corrected chi connectivity index (χ3v) is 4.79. The molecule has 2 amide bonds. The molecular formula is C22H25N7O2. The van der Waals surface area contributed by atoms with E-state index in [-0.39, 0.29) is 12.1 Å². The molecule has 0 fully saturated rings. The lowest BCUT2D eigenvalue weighted by atomic mass is 10.1. The summed E-state index contributed by atoms with van der Waals surface area (Å²) >= 11 is 0. The third-order valence-electron chi connectivity index (χ3n) is 4.79. The van der Waals surface area contributed by atoms with E-state index < -0.39 is 5.60 Å². The fourth-order valence-electron chi connectivity index (χ4n) is 3.34. The fourth-order valence-corrected chi connectivity index (χ4v) is 3.34. The lowest BCUT2D eigenvalue weighted by Gasteiger charge is -2.16. The molecule has 3 aromatic heterocycles. The number of aliphatic hydroxyl groups is 1. The Morgan fingerprint density at radius 1 is 1.26 bits per heavy atom. The van der Waals surface area contributed by atoms with Crippen molar-refractivity contribution >= 4 is 22.8 Å². The first kappa shape index (κ1) is 20.5. The minimum atomic E-state index is -0.863. The number of aromatic amines is 1. The molecular weight excluding hydrogens is 394 g/mol. The maximum atomic E-state index is 12.4. The summed E-state index contributed by atoms with van der Waals surface area (Å²) in [5.41, 5.74) is 2.42. The van der Waals surface area contributed by atoms with Crippen molar-refractivity contribution in [3.8, 4) is 11.3 Å². The number of rotatable bonds is 6. The summed E-state index contributed by atoms with van der Waals surface area (Å²) in [4.78, 5) is 16.7. The average Bonchev–Trinajstić information content (AvgIpc) is 3.33. The normalized spacial score (nSPS) is 12.6. The topological polar surface area (TPSA) is 121 Å². The van der Waals surface area contributed by atoms with Gasteiger partial charge in [0.05, 0.1) is 29.9 Å². The predicted octanol–water partition coefficient (Wildman–Crippen LogP) is 3.48. The summed E-state index contributed by atoms with van der Waals surface area (Å²) in [6.45, 7) is 5.75. The van der Waals surface area contributed by atoms with Gasteiger partial charge >= 0.3 is 6.03 Å². The number of hydrogen-bond donors (Lipinski definition) is 4. The molecule has 31 heavy (non-hydrogen) atoms. The van der Waals surface area contributed by atoms with Gasteiger partial charge in [0.15, 0.2) is 0 Å². The number of carbonyl (C=O) groups is 1. The zero-order chi connectivity index (χ0) is 22.0. The van der Waals surface area contributed by atoms with Crippen LogP contribution in [0.2, 0.25) is 0 Å². The van der Waals surface area contributed by atoms with Crippen LogP contribution in [0.1, 0.15) is 32.4 Å². The monoisotopic (exact) mass is 419 g/mol. The number of amides is 2. The van der Waals surface area contributed by atoms with Gasteiger partial charge < -0.3 is 10.4 Å². The predicted molar refractivity (Wildman–Crippen MR) is 118 cm³/mol. The summed E-state index contributed by atoms with van der Waals surface area (Å²) < 4.78 is 1.68. The molecule has 0 aliphatic carbocycles. The maximum absolute atomic E-state index is 12.4. The van der Waals surface area contributed by atoms with E-state index in [1.165, 1.54) is 0 Å². The first-order chi connectivity index (χ1) is 14.8. The highest BCUT2D eigenvalue weighted by Crippen LogP contribution is 2.27. The molecule has 0 bridgehead atoms. The van der Waals surface area contributed by atoms with Gasteiger partial charge in [-0.3, -0.25) is 15.1 Å². The van der Waals surface area contributed by atoms with Crippen LogP contribution in [-0.2, 0) is 6.54 Å². The van der Waals surface area contributed by atoms with Crippen molar-refractivity contribution in [3.05, 3.63) is 60.6 Å². The Labute approximate surface area is 179 Å². The molecule has 4 N–H and O–H groups in total. The highest BCUT2D eigenvalue weighted by atomic mass is 16.3. The Morgan fingerprint density at radius 2 is 2.03 bits per heavy atom. The zero-order valence-electron chi connectivity index (χ0n) is 17.6. The third kappa shape index (κ3) is 4.89. The fraction of sp³-hybridized carbons (Fsp3) is 0.273. The van der Waals surface area contributed by atoms with Gasteiger partial charge in [-0.15, -0.1) is 0 Å². The molecule has 0 radical (unpaired) electrons. The van der Waals surface area contributed by atoms with Crippen LogP contribution >= 0.6 is 0 Å². The Kier molecular flexibility index (Phi) is 5.43. The van der Waals surface area contributed by atoms with Crippen LogP contribution in [0.15, 0.2) is 55.0 Å². The van der Waals surface area contributed by atoms with E-state index >= 15 is 0 Å². The number of benzene rings is 1. The summed E-state index contributed by atoms with van der Waals surface area (Å²) in [6.07, 6.45) is 5.20. The SMILES string of the molecule is C[C@@H](NC(=O)Nc1cc2[nH]nc(-c3cnn(CC(C)(C)O)c3)c2cn1)c1ccccc1. The van der Waals surface area contributed by atoms with E-state index in [0.29, 0.717) is 18.1 Å². The summed E-state index contributed by atoms with van der Waals surface area (Å²) in [7, 11) is 0. The molecule has 0 spiro atoms. The van der Waals surface area contributed by atoms with Crippen molar-refractivity contribution in [1.29, 1.82) is 0 Å². The summed E-state index contributed by atoms with van der Waals surface area (Å²) in [5.74, 6) is 0.415. The van der Waals surface area contributed by atoms with Gasteiger partial charge in [-0.25, -0.2) is 9.78 Å². The van der Waals surface area contributed by atoms with Crippen LogP contribution in [-0.4, -0.2) is 41.7 Å². The van der Waals surface area contributed by atoms with Gasteiger partial charge in [-0.05, 0) is 26.3 Å². The van der Waals surface area contributed by atoms with E-state index in [2.05, 4.69) is 30.9 Å². The van der Waals surface area contributed by atoms with Crippen LogP contribution in [0.3, 0.4) is 0 Å². The first-order valence-corrected chi connectivity index (χ1v) is 10.0. The maximum Gasteiger partial charge on any atom is 0.320 e. The van der Waals surface area contributed by atoms with Gasteiger partial charge in [0.25, 0.3) is 0 Å². The van der Waals surface area contributed by atoms with Crippen LogP contribution < -0.4 is 10.6 Å².